The summed E-state index contributed by atoms with van der Waals surface area (Å²) in [5.41, 5.74) is 0.820. The molecule has 0 aliphatic heterocycles. The molecule has 1 heteroatoms. The van der Waals surface area contributed by atoms with Crippen molar-refractivity contribution >= 4 is 0 Å². The summed E-state index contributed by atoms with van der Waals surface area (Å²) in [5, 5.41) is 0. The molecule has 0 atom stereocenters. The highest BCUT2D eigenvalue weighted by atomic mass is 16.5. The van der Waals surface area contributed by atoms with Crippen LogP contribution >= 0.6 is 0 Å². The van der Waals surface area contributed by atoms with Crippen molar-refractivity contribution in [2.75, 3.05) is 6.61 Å². The predicted molar refractivity (Wildman–Crippen MR) is 72.8 cm³/mol. The first-order valence-electron chi connectivity index (χ1n) is 6.74. The zero-order valence-electron chi connectivity index (χ0n) is 12.5. The first kappa shape index (κ1) is 16.0. The average Bonchev–Trinajstić information content (AvgIpc) is 2.08. The third-order valence-corrected chi connectivity index (χ3v) is 2.84. The predicted octanol–water partition coefficient (Wildman–Crippen LogP) is 5.04. The van der Waals surface area contributed by atoms with Crippen LogP contribution in [-0.4, -0.2) is 12.7 Å². The van der Waals surface area contributed by atoms with Gasteiger partial charge < -0.3 is 4.74 Å². The molecule has 0 aromatic heterocycles. The number of hydrogen-bond acceptors (Lipinski definition) is 1. The highest BCUT2D eigenvalue weighted by Crippen LogP contribution is 2.27. The van der Waals surface area contributed by atoms with E-state index < -0.39 is 0 Å². The zero-order valence-corrected chi connectivity index (χ0v) is 12.5. The second-order valence-corrected chi connectivity index (χ2v) is 7.29. The summed E-state index contributed by atoms with van der Waals surface area (Å²) in [6.07, 6.45) is 5.62. The number of ether oxygens (including phenoxy) is 1. The normalized spacial score (nSPS) is 13.5. The maximum atomic E-state index is 5.70. The molecular formula is C15H32O. The van der Waals surface area contributed by atoms with Gasteiger partial charge in [0, 0.05) is 0 Å². The van der Waals surface area contributed by atoms with Gasteiger partial charge in [0.05, 0.1) is 12.7 Å². The van der Waals surface area contributed by atoms with Crippen molar-refractivity contribution < 1.29 is 4.74 Å². The van der Waals surface area contributed by atoms with Gasteiger partial charge in [-0.05, 0) is 37.5 Å². The minimum Gasteiger partial charge on any atom is -0.378 e. The summed E-state index contributed by atoms with van der Waals surface area (Å²) in [7, 11) is 0. The molecule has 16 heavy (non-hydrogen) atoms. The molecule has 0 aliphatic rings. The topological polar surface area (TPSA) is 9.23 Å². The minimum atomic E-state index is 0.335. The van der Waals surface area contributed by atoms with E-state index in [4.69, 9.17) is 4.74 Å². The summed E-state index contributed by atoms with van der Waals surface area (Å²) < 4.78 is 5.70. The van der Waals surface area contributed by atoms with Crippen LogP contribution in [0.1, 0.15) is 74.1 Å². The van der Waals surface area contributed by atoms with E-state index >= 15 is 0 Å². The molecule has 0 rings (SSSR count). The third-order valence-electron chi connectivity index (χ3n) is 2.84. The van der Waals surface area contributed by atoms with E-state index in [-0.39, 0.29) is 0 Å². The summed E-state index contributed by atoms with van der Waals surface area (Å²) in [6.45, 7) is 16.7. The van der Waals surface area contributed by atoms with Crippen LogP contribution in [0.4, 0.5) is 0 Å². The molecule has 0 N–H and O–H groups in total. The fourth-order valence-corrected chi connectivity index (χ4v) is 1.72. The fraction of sp³-hybridized carbons (Fsp3) is 1.00. The van der Waals surface area contributed by atoms with Gasteiger partial charge in [0.15, 0.2) is 0 Å². The number of unbranched alkanes of at least 4 members (excludes halogenated alkanes) is 1. The Kier molecular flexibility index (Phi) is 6.62. The van der Waals surface area contributed by atoms with Gasteiger partial charge in [-0.15, -0.1) is 0 Å². The Labute approximate surface area is 103 Å². The lowest BCUT2D eigenvalue weighted by Crippen LogP contribution is -2.22. The maximum Gasteiger partial charge on any atom is 0.0520 e. The van der Waals surface area contributed by atoms with Gasteiger partial charge in [-0.1, -0.05) is 47.5 Å². The van der Waals surface area contributed by atoms with Crippen LogP contribution in [0, 0.1) is 10.8 Å². The lowest BCUT2D eigenvalue weighted by atomic mass is 9.84. The highest BCUT2D eigenvalue weighted by molar-refractivity contribution is 4.69. The summed E-state index contributed by atoms with van der Waals surface area (Å²) >= 11 is 0. The van der Waals surface area contributed by atoms with Gasteiger partial charge in [0.25, 0.3) is 0 Å². The SMILES string of the molecule is CC(C)OCC(C)(C)CCCCC(C)(C)C. The molecule has 0 aromatic carbocycles. The summed E-state index contributed by atoms with van der Waals surface area (Å²) in [6, 6.07) is 0. The Morgan fingerprint density at radius 3 is 1.81 bits per heavy atom. The first-order chi connectivity index (χ1) is 7.12. The molecule has 0 heterocycles. The van der Waals surface area contributed by atoms with Gasteiger partial charge in [-0.25, -0.2) is 0 Å². The van der Waals surface area contributed by atoms with Gasteiger partial charge in [-0.2, -0.15) is 0 Å². The van der Waals surface area contributed by atoms with Crippen molar-refractivity contribution in [1.29, 1.82) is 0 Å². The fourth-order valence-electron chi connectivity index (χ4n) is 1.72. The molecule has 0 radical (unpaired) electrons. The number of rotatable bonds is 7. The smallest absolute Gasteiger partial charge is 0.0520 e. The summed E-state index contributed by atoms with van der Waals surface area (Å²) in [5.74, 6) is 0. The highest BCUT2D eigenvalue weighted by Gasteiger charge is 2.19. The second kappa shape index (κ2) is 6.64. The zero-order chi connectivity index (χ0) is 12.8. The van der Waals surface area contributed by atoms with E-state index in [1.807, 2.05) is 0 Å². The van der Waals surface area contributed by atoms with Crippen molar-refractivity contribution in [2.24, 2.45) is 10.8 Å². The molecule has 1 nitrogen and oxygen atoms in total. The molecule has 0 amide bonds. The Balaban J connectivity index is 3.66. The van der Waals surface area contributed by atoms with Gasteiger partial charge in [0.1, 0.15) is 0 Å². The Morgan fingerprint density at radius 2 is 1.38 bits per heavy atom. The van der Waals surface area contributed by atoms with Crippen molar-refractivity contribution in [3.8, 4) is 0 Å². The van der Waals surface area contributed by atoms with E-state index in [0.717, 1.165) is 6.61 Å². The second-order valence-electron chi connectivity index (χ2n) is 7.29. The quantitative estimate of drug-likeness (QED) is 0.554. The molecule has 0 unspecified atom stereocenters. The third kappa shape index (κ3) is 10.5. The van der Waals surface area contributed by atoms with E-state index in [9.17, 15) is 0 Å². The Bertz CT molecular complexity index is 174. The Morgan fingerprint density at radius 1 is 0.875 bits per heavy atom. The van der Waals surface area contributed by atoms with Crippen molar-refractivity contribution in [3.05, 3.63) is 0 Å². The van der Waals surface area contributed by atoms with Crippen LogP contribution in [0.25, 0.3) is 0 Å². The molecular weight excluding hydrogens is 196 g/mol. The van der Waals surface area contributed by atoms with Crippen molar-refractivity contribution in [1.82, 2.24) is 0 Å². The van der Waals surface area contributed by atoms with Crippen LogP contribution in [0.2, 0.25) is 0 Å². The van der Waals surface area contributed by atoms with Crippen LogP contribution in [0.3, 0.4) is 0 Å². The molecule has 0 saturated carbocycles. The van der Waals surface area contributed by atoms with Gasteiger partial charge in [0.2, 0.25) is 0 Å². The van der Waals surface area contributed by atoms with Gasteiger partial charge >= 0.3 is 0 Å². The summed E-state index contributed by atoms with van der Waals surface area (Å²) in [4.78, 5) is 0. The monoisotopic (exact) mass is 228 g/mol. The first-order valence-corrected chi connectivity index (χ1v) is 6.74. The van der Waals surface area contributed by atoms with E-state index in [1.54, 1.807) is 0 Å². The maximum absolute atomic E-state index is 5.70. The number of hydrogen-bond donors (Lipinski definition) is 0. The molecule has 98 valence electrons. The molecule has 0 bridgehead atoms. The molecule has 0 aliphatic carbocycles. The van der Waals surface area contributed by atoms with Crippen LogP contribution < -0.4 is 0 Å². The van der Waals surface area contributed by atoms with E-state index in [1.165, 1.54) is 25.7 Å². The largest absolute Gasteiger partial charge is 0.378 e. The van der Waals surface area contributed by atoms with Gasteiger partial charge in [-0.3, -0.25) is 0 Å². The Hall–Kier alpha value is -0.0400. The van der Waals surface area contributed by atoms with Crippen LogP contribution in [0.5, 0.6) is 0 Å². The lowest BCUT2D eigenvalue weighted by Gasteiger charge is -2.26. The van der Waals surface area contributed by atoms with E-state index in [0.29, 0.717) is 16.9 Å². The average molecular weight is 228 g/mol. The van der Waals surface area contributed by atoms with Crippen molar-refractivity contribution in [3.63, 3.8) is 0 Å². The standard InChI is InChI=1S/C15H32O/c1-13(2)16-12-15(6,7)11-9-8-10-14(3,4)5/h13H,8-12H2,1-7H3. The molecule has 0 fully saturated rings. The van der Waals surface area contributed by atoms with Crippen molar-refractivity contribution in [2.45, 2.75) is 80.3 Å². The minimum absolute atomic E-state index is 0.335. The molecule has 0 saturated heterocycles. The van der Waals surface area contributed by atoms with E-state index in [2.05, 4.69) is 48.5 Å². The molecule has 0 spiro atoms. The lowest BCUT2D eigenvalue weighted by molar-refractivity contribution is 0.0170. The molecule has 0 aromatic rings. The van der Waals surface area contributed by atoms with Crippen LogP contribution in [0.15, 0.2) is 0 Å². The van der Waals surface area contributed by atoms with Crippen LogP contribution in [-0.2, 0) is 4.74 Å².